The van der Waals surface area contributed by atoms with Gasteiger partial charge in [0.15, 0.2) is 0 Å². The van der Waals surface area contributed by atoms with Crippen molar-refractivity contribution >= 4 is 33.2 Å². The van der Waals surface area contributed by atoms with E-state index in [2.05, 4.69) is 5.32 Å². The van der Waals surface area contributed by atoms with Gasteiger partial charge in [-0.15, -0.1) is 0 Å². The molecule has 2 aliphatic heterocycles. The summed E-state index contributed by atoms with van der Waals surface area (Å²) >= 11 is 0. The summed E-state index contributed by atoms with van der Waals surface area (Å²) in [6.07, 6.45) is 2.98. The molecule has 2 aliphatic rings. The lowest BCUT2D eigenvalue weighted by Crippen LogP contribution is -2.44. The van der Waals surface area contributed by atoms with E-state index in [4.69, 9.17) is 4.74 Å². The molecule has 0 radical (unpaired) electrons. The van der Waals surface area contributed by atoms with Crippen LogP contribution in [0.3, 0.4) is 0 Å². The number of nitrogens with zero attached hydrogens (tertiary/aromatic N) is 2. The van der Waals surface area contributed by atoms with E-state index >= 15 is 0 Å². The SMILES string of the molecule is CCOc1ccccc1NC(=O)[C@@H]1Cc2cc(S(=O)(=O)N3CCCCC3)ccc2N1C(C)=O. The normalized spacial score (nSPS) is 18.6. The molecule has 1 N–H and O–H groups in total. The minimum Gasteiger partial charge on any atom is -0.492 e. The molecule has 0 aliphatic carbocycles. The van der Waals surface area contributed by atoms with Crippen LogP contribution in [0.4, 0.5) is 11.4 Å². The summed E-state index contributed by atoms with van der Waals surface area (Å²) in [5.41, 5.74) is 1.76. The maximum absolute atomic E-state index is 13.2. The first-order valence-corrected chi connectivity index (χ1v) is 12.7. The number of carbonyl (C=O) groups is 2. The van der Waals surface area contributed by atoms with Gasteiger partial charge in [0.05, 0.1) is 17.2 Å². The van der Waals surface area contributed by atoms with E-state index in [9.17, 15) is 18.0 Å². The van der Waals surface area contributed by atoms with Crippen LogP contribution in [0.25, 0.3) is 0 Å². The smallest absolute Gasteiger partial charge is 0.248 e. The Bertz CT molecular complexity index is 1160. The number of fused-ring (bicyclic) bond motifs is 1. The maximum Gasteiger partial charge on any atom is 0.248 e. The fourth-order valence-electron chi connectivity index (χ4n) is 4.51. The molecule has 2 aromatic rings. The Morgan fingerprint density at radius 1 is 1.09 bits per heavy atom. The number of sulfonamides is 1. The largest absolute Gasteiger partial charge is 0.492 e. The number of piperidine rings is 1. The van der Waals surface area contributed by atoms with Gasteiger partial charge in [0, 0.05) is 32.1 Å². The van der Waals surface area contributed by atoms with Crippen LogP contribution in [0.5, 0.6) is 5.75 Å². The zero-order chi connectivity index (χ0) is 23.6. The number of hydrogen-bond acceptors (Lipinski definition) is 5. The highest BCUT2D eigenvalue weighted by molar-refractivity contribution is 7.89. The lowest BCUT2D eigenvalue weighted by atomic mass is 10.1. The number of rotatable bonds is 6. The van der Waals surface area contributed by atoms with Crippen molar-refractivity contribution in [1.82, 2.24) is 4.31 Å². The van der Waals surface area contributed by atoms with Crippen molar-refractivity contribution < 1.29 is 22.7 Å². The zero-order valence-electron chi connectivity index (χ0n) is 18.9. The second-order valence-electron chi connectivity index (χ2n) is 8.28. The first-order valence-electron chi connectivity index (χ1n) is 11.3. The molecular formula is C24H29N3O5S. The molecule has 176 valence electrons. The Morgan fingerprint density at radius 2 is 1.82 bits per heavy atom. The molecule has 33 heavy (non-hydrogen) atoms. The Labute approximate surface area is 194 Å². The summed E-state index contributed by atoms with van der Waals surface area (Å²) in [7, 11) is -3.61. The Hall–Kier alpha value is -2.91. The standard InChI is InChI=1S/C24H29N3O5S/c1-3-32-23-10-6-5-9-20(23)25-24(29)22-16-18-15-19(11-12-21(18)27(22)17(2)28)33(30,31)26-13-7-4-8-14-26/h5-6,9-12,15,22H,3-4,7-8,13-14,16H2,1-2H3,(H,25,29)/t22-/m0/s1. The van der Waals surface area contributed by atoms with Crippen molar-refractivity contribution in [2.24, 2.45) is 0 Å². The Morgan fingerprint density at radius 3 is 2.52 bits per heavy atom. The van der Waals surface area contributed by atoms with E-state index < -0.39 is 16.1 Å². The van der Waals surface area contributed by atoms with Gasteiger partial charge in [-0.25, -0.2) is 8.42 Å². The highest BCUT2D eigenvalue weighted by atomic mass is 32.2. The molecule has 4 rings (SSSR count). The van der Waals surface area contributed by atoms with E-state index in [0.717, 1.165) is 19.3 Å². The molecule has 1 saturated heterocycles. The van der Waals surface area contributed by atoms with Gasteiger partial charge < -0.3 is 10.1 Å². The second-order valence-corrected chi connectivity index (χ2v) is 10.2. The highest BCUT2D eigenvalue weighted by Gasteiger charge is 2.38. The number of ether oxygens (including phenoxy) is 1. The van der Waals surface area contributed by atoms with E-state index in [0.29, 0.717) is 42.4 Å². The molecule has 1 atom stereocenters. The molecule has 0 spiro atoms. The van der Waals surface area contributed by atoms with E-state index in [1.807, 2.05) is 13.0 Å². The third-order valence-corrected chi connectivity index (χ3v) is 7.97. The number of carbonyl (C=O) groups excluding carboxylic acids is 2. The number of amides is 2. The third-order valence-electron chi connectivity index (χ3n) is 6.07. The average molecular weight is 472 g/mol. The van der Waals surface area contributed by atoms with E-state index in [1.165, 1.54) is 22.2 Å². The third kappa shape index (κ3) is 4.60. The van der Waals surface area contributed by atoms with Crippen LogP contribution in [-0.4, -0.2) is 50.3 Å². The molecule has 9 heteroatoms. The fraction of sp³-hybridized carbons (Fsp3) is 0.417. The van der Waals surface area contributed by atoms with Gasteiger partial charge in [0.1, 0.15) is 11.8 Å². The van der Waals surface area contributed by atoms with Gasteiger partial charge >= 0.3 is 0 Å². The fourth-order valence-corrected chi connectivity index (χ4v) is 6.08. The molecule has 1 fully saturated rings. The zero-order valence-corrected chi connectivity index (χ0v) is 19.7. The average Bonchev–Trinajstić information content (AvgIpc) is 3.20. The number of benzene rings is 2. The van der Waals surface area contributed by atoms with Gasteiger partial charge in [-0.3, -0.25) is 14.5 Å². The molecule has 2 amide bonds. The van der Waals surface area contributed by atoms with Crippen LogP contribution in [0.2, 0.25) is 0 Å². The van der Waals surface area contributed by atoms with E-state index in [1.54, 1.807) is 30.3 Å². The summed E-state index contributed by atoms with van der Waals surface area (Å²) in [6.45, 7) is 4.75. The van der Waals surface area contributed by atoms with Crippen molar-refractivity contribution in [2.45, 2.75) is 50.5 Å². The minimum absolute atomic E-state index is 0.203. The van der Waals surface area contributed by atoms with E-state index in [-0.39, 0.29) is 23.1 Å². The molecule has 0 bridgehead atoms. The minimum atomic E-state index is -3.61. The lowest BCUT2D eigenvalue weighted by molar-refractivity contribution is -0.122. The number of hydrogen-bond donors (Lipinski definition) is 1. The first-order chi connectivity index (χ1) is 15.8. The number of anilines is 2. The monoisotopic (exact) mass is 471 g/mol. The molecular weight excluding hydrogens is 442 g/mol. The van der Waals surface area contributed by atoms with Crippen molar-refractivity contribution in [1.29, 1.82) is 0 Å². The predicted molar refractivity (Wildman–Crippen MR) is 126 cm³/mol. The Balaban J connectivity index is 1.60. The van der Waals surface area contributed by atoms with Gasteiger partial charge in [-0.1, -0.05) is 18.6 Å². The van der Waals surface area contributed by atoms with Crippen molar-refractivity contribution in [3.05, 3.63) is 48.0 Å². The first kappa shape index (κ1) is 23.3. The summed E-state index contributed by atoms with van der Waals surface area (Å²) < 4.78 is 33.3. The number of nitrogens with one attached hydrogen (secondary N) is 1. The Kier molecular flexibility index (Phi) is 6.71. The molecule has 0 unspecified atom stereocenters. The van der Waals surface area contributed by atoms with Crippen LogP contribution in [0.1, 0.15) is 38.7 Å². The molecule has 0 aromatic heterocycles. The van der Waals surface area contributed by atoms with Crippen LogP contribution >= 0.6 is 0 Å². The van der Waals surface area contributed by atoms with Crippen molar-refractivity contribution in [3.63, 3.8) is 0 Å². The number of para-hydroxylation sites is 2. The quantitative estimate of drug-likeness (QED) is 0.698. The van der Waals surface area contributed by atoms with Crippen LogP contribution in [-0.2, 0) is 26.0 Å². The maximum atomic E-state index is 13.2. The molecule has 0 saturated carbocycles. The molecule has 8 nitrogen and oxygen atoms in total. The van der Waals surface area contributed by atoms with Gasteiger partial charge in [-0.2, -0.15) is 4.31 Å². The van der Waals surface area contributed by atoms with Gasteiger partial charge in [0.25, 0.3) is 0 Å². The molecule has 2 aromatic carbocycles. The summed E-state index contributed by atoms with van der Waals surface area (Å²) in [5, 5.41) is 2.87. The van der Waals surface area contributed by atoms with Gasteiger partial charge in [0.2, 0.25) is 21.8 Å². The highest BCUT2D eigenvalue weighted by Crippen LogP contribution is 2.36. The lowest BCUT2D eigenvalue weighted by Gasteiger charge is -2.26. The molecule has 2 heterocycles. The topological polar surface area (TPSA) is 96.0 Å². The summed E-state index contributed by atoms with van der Waals surface area (Å²) in [5.74, 6) is -0.0826. The van der Waals surface area contributed by atoms with Gasteiger partial charge in [-0.05, 0) is 55.7 Å². The van der Waals surface area contributed by atoms with Crippen molar-refractivity contribution in [3.8, 4) is 5.75 Å². The van der Waals surface area contributed by atoms with Crippen LogP contribution < -0.4 is 15.0 Å². The predicted octanol–water partition coefficient (Wildman–Crippen LogP) is 3.18. The van der Waals surface area contributed by atoms with Crippen molar-refractivity contribution in [2.75, 3.05) is 29.9 Å². The summed E-state index contributed by atoms with van der Waals surface area (Å²) in [6, 6.07) is 11.1. The summed E-state index contributed by atoms with van der Waals surface area (Å²) in [4.78, 5) is 27.3. The van der Waals surface area contributed by atoms with Crippen LogP contribution in [0, 0.1) is 0 Å². The second kappa shape index (κ2) is 9.52. The van der Waals surface area contributed by atoms with Crippen LogP contribution in [0.15, 0.2) is 47.4 Å².